The Labute approximate surface area is 245 Å². The molecule has 0 spiro atoms. The first kappa shape index (κ1) is 29.7. The van der Waals surface area contributed by atoms with Gasteiger partial charge in [-0.05, 0) is 49.8 Å². The van der Waals surface area contributed by atoms with Crippen LogP contribution in [-0.2, 0) is 6.18 Å². The van der Waals surface area contributed by atoms with Gasteiger partial charge >= 0.3 is 12.2 Å². The Balaban J connectivity index is 1.28. The lowest BCUT2D eigenvalue weighted by Gasteiger charge is -2.32. The van der Waals surface area contributed by atoms with Gasteiger partial charge in [0.25, 0.3) is 5.91 Å². The van der Waals surface area contributed by atoms with Gasteiger partial charge < -0.3 is 26.2 Å². The Bertz CT molecular complexity index is 1600. The van der Waals surface area contributed by atoms with Crippen LogP contribution in [0.1, 0.15) is 22.5 Å². The number of nitrogen functional groups attached to an aromatic ring is 1. The zero-order valence-corrected chi connectivity index (χ0v) is 23.4. The van der Waals surface area contributed by atoms with Crippen molar-refractivity contribution in [2.24, 2.45) is 0 Å². The minimum Gasteiger partial charge on any atom is -0.382 e. The molecule has 5 rings (SSSR count). The molecule has 3 amide bonds. The molecule has 3 aromatic heterocycles. The van der Waals surface area contributed by atoms with Crippen LogP contribution in [0.5, 0.6) is 0 Å². The van der Waals surface area contributed by atoms with Crippen LogP contribution in [0.25, 0.3) is 16.6 Å². The number of urea groups is 1. The number of carbonyl (C=O) groups excluding carboxylic acids is 2. The monoisotopic (exact) mass is 596 g/mol. The predicted octanol–water partition coefficient (Wildman–Crippen LogP) is 3.40. The van der Waals surface area contributed by atoms with Crippen molar-refractivity contribution in [2.45, 2.75) is 12.6 Å². The van der Waals surface area contributed by atoms with Crippen molar-refractivity contribution in [1.29, 1.82) is 0 Å². The summed E-state index contributed by atoms with van der Waals surface area (Å²) in [5, 5.41) is 12.0. The Kier molecular flexibility index (Phi) is 8.73. The maximum absolute atomic E-state index is 13.3. The third kappa shape index (κ3) is 7.18. The van der Waals surface area contributed by atoms with E-state index in [-0.39, 0.29) is 17.5 Å². The first-order valence-electron chi connectivity index (χ1n) is 13.6. The van der Waals surface area contributed by atoms with Crippen molar-refractivity contribution >= 4 is 34.8 Å². The van der Waals surface area contributed by atoms with E-state index in [1.807, 2.05) is 0 Å². The molecule has 0 radical (unpaired) electrons. The van der Waals surface area contributed by atoms with E-state index in [1.165, 1.54) is 16.9 Å². The van der Waals surface area contributed by atoms with Crippen molar-refractivity contribution in [3.63, 3.8) is 0 Å². The van der Waals surface area contributed by atoms with Gasteiger partial charge in [0, 0.05) is 50.2 Å². The summed E-state index contributed by atoms with van der Waals surface area (Å²) in [5.41, 5.74) is 7.38. The van der Waals surface area contributed by atoms with Gasteiger partial charge in [-0.15, -0.1) is 0 Å². The number of halogens is 3. The molecule has 0 unspecified atom stereocenters. The highest BCUT2D eigenvalue weighted by Gasteiger charge is 2.32. The second kappa shape index (κ2) is 12.6. The first-order chi connectivity index (χ1) is 20.6. The number of nitrogens with one attached hydrogen (secondary N) is 3. The van der Waals surface area contributed by atoms with Gasteiger partial charge in [-0.3, -0.25) is 10.1 Å². The van der Waals surface area contributed by atoms with Crippen molar-refractivity contribution in [3.8, 4) is 11.1 Å². The molecule has 226 valence electrons. The number of fused-ring (bicyclic) bond motifs is 1. The summed E-state index contributed by atoms with van der Waals surface area (Å²) in [6.07, 6.45) is -0.935. The van der Waals surface area contributed by atoms with Gasteiger partial charge in [0.05, 0.1) is 5.56 Å². The number of nitrogens with two attached hydrogens (primary N) is 1. The molecule has 4 aromatic rings. The van der Waals surface area contributed by atoms with Crippen LogP contribution in [-0.4, -0.2) is 87.6 Å². The van der Waals surface area contributed by atoms with Gasteiger partial charge in [-0.1, -0.05) is 18.2 Å². The number of benzene rings is 1. The Morgan fingerprint density at radius 2 is 1.77 bits per heavy atom. The van der Waals surface area contributed by atoms with E-state index in [1.54, 1.807) is 30.5 Å². The molecule has 1 fully saturated rings. The van der Waals surface area contributed by atoms with Crippen LogP contribution in [0.3, 0.4) is 0 Å². The molecular weight excluding hydrogens is 565 g/mol. The lowest BCUT2D eigenvalue weighted by Crippen LogP contribution is -2.45. The third-order valence-electron chi connectivity index (χ3n) is 7.09. The molecule has 1 aliphatic heterocycles. The van der Waals surface area contributed by atoms with E-state index in [0.29, 0.717) is 34.4 Å². The summed E-state index contributed by atoms with van der Waals surface area (Å²) in [6, 6.07) is 9.00. The topological polar surface area (TPSA) is 146 Å². The standard InChI is InChI=1S/C28H31F3N10O2/c1-39-12-14-40(15-13-39)11-3-10-33-26(42)20-16-41-24(25(32)34-17-35-41)23(20)18-6-8-19(9-7-18)36-27(43)38-22-5-2-4-21(37-22)28(29,30)31/h2,4-9,16-17H,3,10-15H2,1H3,(H,33,42)(H2,32,34,35)(H2,36,37,38,43). The molecule has 1 saturated heterocycles. The van der Waals surface area contributed by atoms with Gasteiger partial charge in [0.1, 0.15) is 23.4 Å². The number of pyridine rings is 1. The SMILES string of the molecule is CN1CCN(CCCNC(=O)c2cn3ncnc(N)c3c2-c2ccc(NC(=O)Nc3cccc(C(F)(F)F)n3)cc2)CC1. The van der Waals surface area contributed by atoms with E-state index < -0.39 is 17.9 Å². The van der Waals surface area contributed by atoms with E-state index in [2.05, 4.69) is 47.9 Å². The molecule has 43 heavy (non-hydrogen) atoms. The largest absolute Gasteiger partial charge is 0.433 e. The minimum atomic E-state index is -4.64. The summed E-state index contributed by atoms with van der Waals surface area (Å²) in [5.74, 6) is -0.346. The number of hydrogen-bond donors (Lipinski definition) is 4. The van der Waals surface area contributed by atoms with Gasteiger partial charge in [0.15, 0.2) is 5.82 Å². The highest BCUT2D eigenvalue weighted by Crippen LogP contribution is 2.33. The molecule has 0 saturated carbocycles. The number of carbonyl (C=O) groups is 2. The lowest BCUT2D eigenvalue weighted by molar-refractivity contribution is -0.141. The van der Waals surface area contributed by atoms with Gasteiger partial charge in [-0.2, -0.15) is 18.3 Å². The summed E-state index contributed by atoms with van der Waals surface area (Å²) in [7, 11) is 2.11. The minimum absolute atomic E-state index is 0.189. The second-order valence-electron chi connectivity index (χ2n) is 10.2. The zero-order chi connectivity index (χ0) is 30.6. The Morgan fingerprint density at radius 1 is 1.02 bits per heavy atom. The fraction of sp³-hybridized carbons (Fsp3) is 0.321. The zero-order valence-electron chi connectivity index (χ0n) is 23.4. The van der Waals surface area contributed by atoms with Gasteiger partial charge in [0.2, 0.25) is 0 Å². The highest BCUT2D eigenvalue weighted by molar-refractivity contribution is 6.07. The molecular formula is C28H31F3N10O2. The summed E-state index contributed by atoms with van der Waals surface area (Å²) < 4.78 is 40.3. The Morgan fingerprint density at radius 3 is 2.49 bits per heavy atom. The van der Waals surface area contributed by atoms with Crippen LogP contribution in [0, 0.1) is 0 Å². The number of alkyl halides is 3. The predicted molar refractivity (Wildman–Crippen MR) is 156 cm³/mol. The average molecular weight is 597 g/mol. The van der Waals surface area contributed by atoms with Crippen LogP contribution >= 0.6 is 0 Å². The van der Waals surface area contributed by atoms with E-state index >= 15 is 0 Å². The molecule has 0 atom stereocenters. The molecule has 12 nitrogen and oxygen atoms in total. The fourth-order valence-electron chi connectivity index (χ4n) is 4.83. The van der Waals surface area contributed by atoms with E-state index in [4.69, 9.17) is 5.73 Å². The molecule has 1 aromatic carbocycles. The molecule has 5 N–H and O–H groups in total. The number of rotatable bonds is 8. The number of anilines is 3. The first-order valence-corrected chi connectivity index (χ1v) is 13.6. The normalized spacial score (nSPS) is 14.5. The van der Waals surface area contributed by atoms with Crippen molar-refractivity contribution in [2.75, 3.05) is 62.7 Å². The van der Waals surface area contributed by atoms with Crippen LogP contribution in [0.4, 0.5) is 35.3 Å². The van der Waals surface area contributed by atoms with Crippen LogP contribution in [0.2, 0.25) is 0 Å². The molecule has 0 bridgehead atoms. The summed E-state index contributed by atoms with van der Waals surface area (Å²) in [4.78, 5) is 37.9. The maximum Gasteiger partial charge on any atom is 0.433 e. The number of amides is 3. The molecule has 15 heteroatoms. The van der Waals surface area contributed by atoms with Crippen LogP contribution < -0.4 is 21.7 Å². The fourth-order valence-corrected chi connectivity index (χ4v) is 4.83. The third-order valence-corrected chi connectivity index (χ3v) is 7.09. The molecule has 0 aliphatic carbocycles. The maximum atomic E-state index is 13.3. The van der Waals surface area contributed by atoms with E-state index in [9.17, 15) is 22.8 Å². The number of hydrogen-bond acceptors (Lipinski definition) is 8. The number of likely N-dealkylation sites (N-methyl/N-ethyl adjacent to an activating group) is 1. The molecule has 4 heterocycles. The van der Waals surface area contributed by atoms with Crippen molar-refractivity contribution < 1.29 is 22.8 Å². The lowest BCUT2D eigenvalue weighted by atomic mass is 10.0. The quantitative estimate of drug-likeness (QED) is 0.227. The number of nitrogens with zero attached hydrogens (tertiary/aromatic N) is 6. The second-order valence-corrected chi connectivity index (χ2v) is 10.2. The summed E-state index contributed by atoms with van der Waals surface area (Å²) in [6.45, 7) is 5.46. The highest BCUT2D eigenvalue weighted by atomic mass is 19.4. The number of aromatic nitrogens is 4. The average Bonchev–Trinajstić information content (AvgIpc) is 3.37. The molecule has 1 aliphatic rings. The summed E-state index contributed by atoms with van der Waals surface area (Å²) >= 11 is 0. The van der Waals surface area contributed by atoms with Crippen molar-refractivity contribution in [1.82, 2.24) is 34.7 Å². The number of piperazine rings is 1. The van der Waals surface area contributed by atoms with Crippen molar-refractivity contribution in [3.05, 3.63) is 66.2 Å². The Hall–Kier alpha value is -4.76. The van der Waals surface area contributed by atoms with E-state index in [0.717, 1.165) is 51.3 Å². The van der Waals surface area contributed by atoms with Gasteiger partial charge in [-0.25, -0.2) is 19.3 Å². The smallest absolute Gasteiger partial charge is 0.382 e. The van der Waals surface area contributed by atoms with Crippen LogP contribution in [0.15, 0.2) is 55.0 Å².